The number of phenolic OH excluding ortho intramolecular Hbond substituents is 1. The minimum atomic E-state index is -0.219. The highest BCUT2D eigenvalue weighted by molar-refractivity contribution is 6.08. The maximum Gasteiger partial charge on any atom is 0.189 e. The van der Waals surface area contributed by atoms with Crippen molar-refractivity contribution < 1.29 is 14.6 Å². The molecule has 2 aliphatic rings. The lowest BCUT2D eigenvalue weighted by Crippen LogP contribution is -2.49. The van der Waals surface area contributed by atoms with Gasteiger partial charge >= 0.3 is 0 Å². The van der Waals surface area contributed by atoms with Crippen LogP contribution in [0.2, 0.25) is 0 Å². The molecule has 0 aliphatic carbocycles. The van der Waals surface area contributed by atoms with E-state index in [0.29, 0.717) is 29.9 Å². The van der Waals surface area contributed by atoms with Gasteiger partial charge in [-0.1, -0.05) is 42.8 Å². The van der Waals surface area contributed by atoms with E-state index in [2.05, 4.69) is 4.90 Å². The van der Waals surface area contributed by atoms with Gasteiger partial charge in [0.05, 0.1) is 12.2 Å². The van der Waals surface area contributed by atoms with Crippen LogP contribution >= 0.6 is 0 Å². The third-order valence-corrected chi connectivity index (χ3v) is 6.15. The molecule has 2 atom stereocenters. The molecule has 29 heavy (non-hydrogen) atoms. The van der Waals surface area contributed by atoms with Gasteiger partial charge in [-0.2, -0.15) is 0 Å². The highest BCUT2D eigenvalue weighted by Gasteiger charge is 2.33. The molecule has 0 aromatic heterocycles. The topological polar surface area (TPSA) is 49.8 Å². The first-order chi connectivity index (χ1) is 14.2. The van der Waals surface area contributed by atoms with Crippen molar-refractivity contribution in [2.24, 2.45) is 5.92 Å². The van der Waals surface area contributed by atoms with E-state index >= 15 is 0 Å². The van der Waals surface area contributed by atoms with E-state index in [1.807, 2.05) is 30.3 Å². The highest BCUT2D eigenvalue weighted by atomic mass is 16.5. The zero-order valence-corrected chi connectivity index (χ0v) is 16.8. The summed E-state index contributed by atoms with van der Waals surface area (Å²) >= 11 is 0. The van der Waals surface area contributed by atoms with Gasteiger partial charge in [-0.25, -0.2) is 0 Å². The Morgan fingerprint density at radius 2 is 1.90 bits per heavy atom. The van der Waals surface area contributed by atoms with Crippen LogP contribution < -0.4 is 4.74 Å². The van der Waals surface area contributed by atoms with Crippen LogP contribution in [0.15, 0.2) is 54.6 Å². The van der Waals surface area contributed by atoms with Crippen LogP contribution in [0, 0.1) is 5.92 Å². The lowest BCUT2D eigenvalue weighted by atomic mass is 9.84. The van der Waals surface area contributed by atoms with Crippen LogP contribution in [0.3, 0.4) is 0 Å². The second-order valence-electron chi connectivity index (χ2n) is 8.10. The van der Waals surface area contributed by atoms with Crippen molar-refractivity contribution in [1.29, 1.82) is 0 Å². The standard InChI is InChI=1S/C25H29NO3/c27-24(14-11-19-7-2-1-3-8-19)22-13-12-21(17-25(22)28)29-18-20-9-6-16-26-15-5-4-10-23(20)26/h1-3,7-8,11-14,17,20,23,28H,4-6,9-10,15-16,18H2. The molecule has 2 unspecified atom stereocenters. The van der Waals surface area contributed by atoms with Crippen molar-refractivity contribution in [2.45, 2.75) is 38.1 Å². The van der Waals surface area contributed by atoms with Gasteiger partial charge in [0.25, 0.3) is 0 Å². The minimum absolute atomic E-state index is 0.0341. The Kier molecular flexibility index (Phi) is 6.30. The summed E-state index contributed by atoms with van der Waals surface area (Å²) in [6, 6.07) is 15.3. The van der Waals surface area contributed by atoms with Gasteiger partial charge in [0.15, 0.2) is 5.78 Å². The molecular formula is C25H29NO3. The second-order valence-corrected chi connectivity index (χ2v) is 8.10. The van der Waals surface area contributed by atoms with Crippen molar-refractivity contribution in [1.82, 2.24) is 4.90 Å². The number of hydrogen-bond acceptors (Lipinski definition) is 4. The van der Waals surface area contributed by atoms with Gasteiger partial charge in [0, 0.05) is 18.0 Å². The van der Waals surface area contributed by atoms with Crippen molar-refractivity contribution >= 4 is 11.9 Å². The zero-order valence-electron chi connectivity index (χ0n) is 16.8. The van der Waals surface area contributed by atoms with Crippen molar-refractivity contribution in [2.75, 3.05) is 19.7 Å². The molecule has 0 saturated carbocycles. The Hall–Kier alpha value is -2.59. The first-order valence-corrected chi connectivity index (χ1v) is 10.7. The number of rotatable bonds is 6. The van der Waals surface area contributed by atoms with Crippen molar-refractivity contribution in [3.8, 4) is 11.5 Å². The molecule has 0 radical (unpaired) electrons. The number of hydrogen-bond donors (Lipinski definition) is 1. The molecule has 2 fully saturated rings. The molecule has 2 aromatic rings. The molecule has 2 aromatic carbocycles. The molecule has 2 saturated heterocycles. The summed E-state index contributed by atoms with van der Waals surface area (Å²) in [5.74, 6) is 0.913. The van der Waals surface area contributed by atoms with Crippen molar-refractivity contribution in [3.05, 3.63) is 65.7 Å². The summed E-state index contributed by atoms with van der Waals surface area (Å²) in [4.78, 5) is 15.0. The fourth-order valence-corrected chi connectivity index (χ4v) is 4.61. The molecule has 152 valence electrons. The monoisotopic (exact) mass is 391 g/mol. The van der Waals surface area contributed by atoms with E-state index < -0.39 is 0 Å². The number of nitrogens with zero attached hydrogens (tertiary/aromatic N) is 1. The number of fused-ring (bicyclic) bond motifs is 1. The number of phenols is 1. The van der Waals surface area contributed by atoms with Crippen LogP contribution in [-0.2, 0) is 0 Å². The highest BCUT2D eigenvalue weighted by Crippen LogP contribution is 2.32. The fourth-order valence-electron chi connectivity index (χ4n) is 4.61. The average Bonchev–Trinajstić information content (AvgIpc) is 2.77. The average molecular weight is 392 g/mol. The molecule has 0 amide bonds. The Labute approximate surface area is 172 Å². The normalized spacial score (nSPS) is 22.3. The Bertz CT molecular complexity index is 860. The molecule has 1 N–H and O–H groups in total. The summed E-state index contributed by atoms with van der Waals surface area (Å²) in [5, 5.41) is 10.3. The van der Waals surface area contributed by atoms with Crippen LogP contribution in [0.5, 0.6) is 11.5 Å². The second kappa shape index (κ2) is 9.27. The van der Waals surface area contributed by atoms with Gasteiger partial charge < -0.3 is 9.84 Å². The van der Waals surface area contributed by atoms with Gasteiger partial charge in [0.1, 0.15) is 11.5 Å². The number of piperidine rings is 2. The number of ketones is 1. The largest absolute Gasteiger partial charge is 0.507 e. The number of ether oxygens (including phenoxy) is 1. The predicted octanol–water partition coefficient (Wildman–Crippen LogP) is 4.93. The number of benzene rings is 2. The lowest BCUT2D eigenvalue weighted by molar-refractivity contribution is 0.0366. The lowest BCUT2D eigenvalue weighted by Gasteiger charge is -2.44. The van der Waals surface area contributed by atoms with Crippen molar-refractivity contribution in [3.63, 3.8) is 0 Å². The quantitative estimate of drug-likeness (QED) is 0.560. The number of carbonyl (C=O) groups excluding carboxylic acids is 1. The van der Waals surface area contributed by atoms with Crippen LogP contribution in [-0.4, -0.2) is 41.5 Å². The van der Waals surface area contributed by atoms with E-state index in [-0.39, 0.29) is 11.5 Å². The van der Waals surface area contributed by atoms with Gasteiger partial charge in [0.2, 0.25) is 0 Å². The molecule has 2 heterocycles. The molecule has 0 bridgehead atoms. The fraction of sp³-hybridized carbons (Fsp3) is 0.400. The van der Waals surface area contributed by atoms with Crippen LogP contribution in [0.25, 0.3) is 6.08 Å². The van der Waals surface area contributed by atoms with E-state index in [4.69, 9.17) is 4.74 Å². The molecule has 4 rings (SSSR count). The predicted molar refractivity (Wildman–Crippen MR) is 115 cm³/mol. The van der Waals surface area contributed by atoms with Crippen LogP contribution in [0.1, 0.15) is 48.0 Å². The van der Waals surface area contributed by atoms with Gasteiger partial charge in [-0.3, -0.25) is 9.69 Å². The maximum atomic E-state index is 12.4. The molecule has 4 heteroatoms. The zero-order chi connectivity index (χ0) is 20.1. The van der Waals surface area contributed by atoms with Gasteiger partial charge in [-0.05, 0) is 62.5 Å². The Morgan fingerprint density at radius 1 is 1.07 bits per heavy atom. The minimum Gasteiger partial charge on any atom is -0.507 e. The number of carbonyl (C=O) groups is 1. The maximum absolute atomic E-state index is 12.4. The summed E-state index contributed by atoms with van der Waals surface area (Å²) in [6.07, 6.45) is 9.57. The summed E-state index contributed by atoms with van der Waals surface area (Å²) in [6.45, 7) is 3.10. The first-order valence-electron chi connectivity index (χ1n) is 10.7. The molecule has 4 nitrogen and oxygen atoms in total. The molecule has 2 aliphatic heterocycles. The Balaban J connectivity index is 1.37. The van der Waals surface area contributed by atoms with E-state index in [0.717, 1.165) is 5.56 Å². The third kappa shape index (κ3) is 4.88. The first kappa shape index (κ1) is 19.7. The smallest absolute Gasteiger partial charge is 0.189 e. The van der Waals surface area contributed by atoms with E-state index in [9.17, 15) is 9.90 Å². The number of aromatic hydroxyl groups is 1. The Morgan fingerprint density at radius 3 is 2.72 bits per heavy atom. The third-order valence-electron chi connectivity index (χ3n) is 6.15. The SMILES string of the molecule is O=C(C=Cc1ccccc1)c1ccc(OCC2CCCN3CCCCC23)cc1O. The van der Waals surface area contributed by atoms with Crippen LogP contribution in [0.4, 0.5) is 0 Å². The summed E-state index contributed by atoms with van der Waals surface area (Å²) < 4.78 is 6.02. The molecule has 0 spiro atoms. The van der Waals surface area contributed by atoms with Gasteiger partial charge in [-0.15, -0.1) is 0 Å². The molecular weight excluding hydrogens is 362 g/mol. The number of allylic oxidation sites excluding steroid dienone is 1. The summed E-state index contributed by atoms with van der Waals surface area (Å²) in [7, 11) is 0. The summed E-state index contributed by atoms with van der Waals surface area (Å²) in [5.41, 5.74) is 1.24. The van der Waals surface area contributed by atoms with E-state index in [1.54, 1.807) is 24.3 Å². The van der Waals surface area contributed by atoms with E-state index in [1.165, 1.54) is 51.3 Å².